The van der Waals surface area contributed by atoms with Crippen molar-refractivity contribution in [1.82, 2.24) is 4.90 Å². The van der Waals surface area contributed by atoms with Gasteiger partial charge in [0.05, 0.1) is 12.7 Å². The molecule has 1 fully saturated rings. The highest BCUT2D eigenvalue weighted by Gasteiger charge is 2.43. The van der Waals surface area contributed by atoms with Gasteiger partial charge in [-0.3, -0.25) is 4.90 Å². The number of benzene rings is 1. The minimum Gasteiger partial charge on any atom is -0.493 e. The highest BCUT2D eigenvalue weighted by molar-refractivity contribution is 5.44. The number of hydrogen-bond acceptors (Lipinski definition) is 3. The van der Waals surface area contributed by atoms with E-state index in [1.165, 1.54) is 12.1 Å². The zero-order valence-corrected chi connectivity index (χ0v) is 10.9. The van der Waals surface area contributed by atoms with Gasteiger partial charge in [-0.2, -0.15) is 5.26 Å². The average molecular weight is 260 g/mol. The summed E-state index contributed by atoms with van der Waals surface area (Å²) in [7, 11) is 0. The Labute approximate surface area is 112 Å². The fourth-order valence-corrected chi connectivity index (χ4v) is 3.21. The molecule has 0 aromatic heterocycles. The lowest BCUT2D eigenvalue weighted by molar-refractivity contribution is 0.161. The summed E-state index contributed by atoms with van der Waals surface area (Å²) >= 11 is 0. The van der Waals surface area contributed by atoms with Crippen molar-refractivity contribution in [2.24, 2.45) is 0 Å². The summed E-state index contributed by atoms with van der Waals surface area (Å²) < 4.78 is 19.3. The van der Waals surface area contributed by atoms with Gasteiger partial charge in [-0.1, -0.05) is 0 Å². The summed E-state index contributed by atoms with van der Waals surface area (Å²) in [6.45, 7) is 2.41. The zero-order chi connectivity index (χ0) is 13.3. The van der Waals surface area contributed by atoms with E-state index in [9.17, 15) is 9.65 Å². The van der Waals surface area contributed by atoms with E-state index in [0.29, 0.717) is 24.3 Å². The van der Waals surface area contributed by atoms with E-state index in [-0.39, 0.29) is 5.82 Å². The second-order valence-electron chi connectivity index (χ2n) is 5.26. The molecular weight excluding hydrogens is 243 g/mol. The van der Waals surface area contributed by atoms with Gasteiger partial charge in [-0.15, -0.1) is 0 Å². The fourth-order valence-electron chi connectivity index (χ4n) is 3.21. The molecule has 1 unspecified atom stereocenters. The molecule has 0 aliphatic carbocycles. The lowest BCUT2D eigenvalue weighted by atomic mass is 9.85. The lowest BCUT2D eigenvalue weighted by Gasteiger charge is -2.35. The van der Waals surface area contributed by atoms with Gasteiger partial charge < -0.3 is 4.74 Å². The third-order valence-electron chi connectivity index (χ3n) is 4.16. The first-order valence-electron chi connectivity index (χ1n) is 6.85. The molecule has 2 aliphatic rings. The van der Waals surface area contributed by atoms with Crippen LogP contribution in [0.5, 0.6) is 5.75 Å². The zero-order valence-electron chi connectivity index (χ0n) is 10.9. The summed E-state index contributed by atoms with van der Waals surface area (Å²) in [5.74, 6) is 0.357. The van der Waals surface area contributed by atoms with Crippen LogP contribution in [0.2, 0.25) is 0 Å². The van der Waals surface area contributed by atoms with Crippen molar-refractivity contribution in [3.05, 3.63) is 29.6 Å². The topological polar surface area (TPSA) is 36.3 Å². The number of halogens is 1. The fraction of sp³-hybridized carbons (Fsp3) is 0.533. The van der Waals surface area contributed by atoms with Crippen LogP contribution >= 0.6 is 0 Å². The number of hydrogen-bond donors (Lipinski definition) is 0. The largest absolute Gasteiger partial charge is 0.493 e. The highest BCUT2D eigenvalue weighted by Crippen LogP contribution is 2.42. The number of ether oxygens (including phenoxy) is 1. The van der Waals surface area contributed by atoms with Crippen LogP contribution in [0.4, 0.5) is 4.39 Å². The smallest absolute Gasteiger partial charge is 0.138 e. The SMILES string of the molecule is N#CC1(N2CCCC2)CCCOc2ccc(F)cc21. The van der Waals surface area contributed by atoms with Crippen LogP contribution in [0.3, 0.4) is 0 Å². The number of fused-ring (bicyclic) bond motifs is 1. The van der Waals surface area contributed by atoms with Gasteiger partial charge in [0.2, 0.25) is 0 Å². The van der Waals surface area contributed by atoms with Gasteiger partial charge in [0, 0.05) is 18.7 Å². The molecule has 2 heterocycles. The number of nitrogens with zero attached hydrogens (tertiary/aromatic N) is 2. The van der Waals surface area contributed by atoms with Gasteiger partial charge in [0.1, 0.15) is 17.1 Å². The van der Waals surface area contributed by atoms with Gasteiger partial charge in [0.25, 0.3) is 0 Å². The third kappa shape index (κ3) is 1.98. The maximum Gasteiger partial charge on any atom is 0.138 e. The summed E-state index contributed by atoms with van der Waals surface area (Å²) in [6, 6.07) is 6.99. The van der Waals surface area contributed by atoms with Crippen LogP contribution < -0.4 is 4.74 Å². The van der Waals surface area contributed by atoms with E-state index in [1.807, 2.05) is 0 Å². The van der Waals surface area contributed by atoms with E-state index < -0.39 is 5.54 Å². The Morgan fingerprint density at radius 3 is 2.79 bits per heavy atom. The minimum atomic E-state index is -0.718. The summed E-state index contributed by atoms with van der Waals surface area (Å²) in [5, 5.41) is 9.79. The first-order chi connectivity index (χ1) is 9.26. The molecule has 1 aromatic rings. The second-order valence-corrected chi connectivity index (χ2v) is 5.26. The Balaban J connectivity index is 2.14. The predicted octanol–water partition coefficient (Wildman–Crippen LogP) is 2.81. The van der Waals surface area contributed by atoms with Gasteiger partial charge >= 0.3 is 0 Å². The molecule has 0 N–H and O–H groups in total. The van der Waals surface area contributed by atoms with Crippen LogP contribution in [0.15, 0.2) is 18.2 Å². The van der Waals surface area contributed by atoms with Crippen molar-refractivity contribution in [3.8, 4) is 11.8 Å². The maximum atomic E-state index is 13.6. The first-order valence-corrected chi connectivity index (χ1v) is 6.85. The normalized spacial score (nSPS) is 27.2. The molecule has 4 heteroatoms. The molecule has 3 nitrogen and oxygen atoms in total. The van der Waals surface area contributed by atoms with Crippen molar-refractivity contribution < 1.29 is 9.13 Å². The molecule has 1 saturated heterocycles. The monoisotopic (exact) mass is 260 g/mol. The molecule has 0 bridgehead atoms. The molecule has 1 aromatic carbocycles. The maximum absolute atomic E-state index is 13.6. The molecule has 0 radical (unpaired) electrons. The van der Waals surface area contributed by atoms with E-state index in [0.717, 1.165) is 32.4 Å². The minimum absolute atomic E-state index is 0.303. The van der Waals surface area contributed by atoms with Crippen LogP contribution in [0.1, 0.15) is 31.2 Å². The highest BCUT2D eigenvalue weighted by atomic mass is 19.1. The van der Waals surface area contributed by atoms with E-state index >= 15 is 0 Å². The second kappa shape index (κ2) is 4.82. The standard InChI is InChI=1S/C15H17FN2O/c16-12-4-5-14-13(10-12)15(11-17,6-3-9-19-14)18-7-1-2-8-18/h4-5,10H,1-3,6-9H2. The van der Waals surface area contributed by atoms with E-state index in [2.05, 4.69) is 11.0 Å². The Bertz CT molecular complexity index is 519. The Morgan fingerprint density at radius 1 is 1.26 bits per heavy atom. The van der Waals surface area contributed by atoms with Crippen molar-refractivity contribution in [1.29, 1.82) is 5.26 Å². The molecule has 2 aliphatic heterocycles. The number of rotatable bonds is 1. The lowest BCUT2D eigenvalue weighted by Crippen LogP contribution is -2.43. The Kier molecular flexibility index (Phi) is 3.16. The van der Waals surface area contributed by atoms with Crippen LogP contribution in [0, 0.1) is 17.1 Å². The molecule has 100 valence electrons. The number of nitriles is 1. The van der Waals surface area contributed by atoms with Gasteiger partial charge in [-0.25, -0.2) is 4.39 Å². The molecule has 0 amide bonds. The van der Waals surface area contributed by atoms with Crippen LogP contribution in [-0.4, -0.2) is 24.6 Å². The van der Waals surface area contributed by atoms with Crippen LogP contribution in [0.25, 0.3) is 0 Å². The van der Waals surface area contributed by atoms with Crippen LogP contribution in [-0.2, 0) is 5.54 Å². The van der Waals surface area contributed by atoms with Crippen molar-refractivity contribution in [2.75, 3.05) is 19.7 Å². The summed E-state index contributed by atoms with van der Waals surface area (Å²) in [4.78, 5) is 2.19. The number of likely N-dealkylation sites (tertiary alicyclic amines) is 1. The average Bonchev–Trinajstić information content (AvgIpc) is 2.89. The molecule has 0 saturated carbocycles. The van der Waals surface area contributed by atoms with E-state index in [4.69, 9.17) is 4.74 Å². The Morgan fingerprint density at radius 2 is 2.05 bits per heavy atom. The Hall–Kier alpha value is -1.60. The third-order valence-corrected chi connectivity index (χ3v) is 4.16. The quantitative estimate of drug-likeness (QED) is 0.779. The summed E-state index contributed by atoms with van der Waals surface area (Å²) in [6.07, 6.45) is 3.74. The van der Waals surface area contributed by atoms with Crippen molar-refractivity contribution >= 4 is 0 Å². The molecule has 0 spiro atoms. The predicted molar refractivity (Wildman–Crippen MR) is 69.2 cm³/mol. The molecular formula is C15H17FN2O. The van der Waals surface area contributed by atoms with Gasteiger partial charge in [-0.05, 0) is 43.9 Å². The summed E-state index contributed by atoms with van der Waals surface area (Å²) in [5.41, 5.74) is -0.0147. The first kappa shape index (κ1) is 12.4. The molecule has 19 heavy (non-hydrogen) atoms. The molecule has 1 atom stereocenters. The van der Waals surface area contributed by atoms with E-state index in [1.54, 1.807) is 6.07 Å². The van der Waals surface area contributed by atoms with Crippen molar-refractivity contribution in [3.63, 3.8) is 0 Å². The van der Waals surface area contributed by atoms with Gasteiger partial charge in [0.15, 0.2) is 0 Å². The van der Waals surface area contributed by atoms with Crippen molar-refractivity contribution in [2.45, 2.75) is 31.2 Å². The molecule has 3 rings (SSSR count).